The molecular formula is C16H22BrNO3. The van der Waals surface area contributed by atoms with E-state index in [2.05, 4.69) is 27.3 Å². The second-order valence-corrected chi connectivity index (χ2v) is 6.70. The summed E-state index contributed by atoms with van der Waals surface area (Å²) >= 11 is 3.51. The molecule has 0 aliphatic carbocycles. The number of hydrogen-bond donors (Lipinski definition) is 1. The first-order valence-electron chi connectivity index (χ1n) is 7.49. The molecular weight excluding hydrogens is 334 g/mol. The summed E-state index contributed by atoms with van der Waals surface area (Å²) in [7, 11) is 1.67. The van der Waals surface area contributed by atoms with Crippen molar-refractivity contribution in [2.45, 2.75) is 37.6 Å². The lowest BCUT2D eigenvalue weighted by Crippen LogP contribution is -2.41. The maximum absolute atomic E-state index is 6.05. The molecule has 0 aromatic heterocycles. The molecule has 0 radical (unpaired) electrons. The lowest BCUT2D eigenvalue weighted by molar-refractivity contribution is -0.0240. The van der Waals surface area contributed by atoms with E-state index < -0.39 is 0 Å². The minimum Gasteiger partial charge on any atom is -0.496 e. The molecule has 1 unspecified atom stereocenters. The largest absolute Gasteiger partial charge is 0.496 e. The summed E-state index contributed by atoms with van der Waals surface area (Å²) in [6.45, 7) is 3.44. The van der Waals surface area contributed by atoms with Crippen LogP contribution in [0.1, 0.15) is 24.8 Å². The van der Waals surface area contributed by atoms with Crippen LogP contribution < -0.4 is 10.1 Å². The van der Waals surface area contributed by atoms with Gasteiger partial charge >= 0.3 is 0 Å². The van der Waals surface area contributed by atoms with E-state index in [-0.39, 0.29) is 11.7 Å². The van der Waals surface area contributed by atoms with Crippen LogP contribution in [0.3, 0.4) is 0 Å². The summed E-state index contributed by atoms with van der Waals surface area (Å²) < 4.78 is 18.3. The zero-order valence-electron chi connectivity index (χ0n) is 12.4. The molecule has 2 heterocycles. The Morgan fingerprint density at radius 1 is 1.38 bits per heavy atom. The van der Waals surface area contributed by atoms with Gasteiger partial charge in [-0.05, 0) is 59.6 Å². The molecule has 2 aliphatic heterocycles. The highest BCUT2D eigenvalue weighted by atomic mass is 79.9. The molecule has 0 saturated carbocycles. The molecule has 21 heavy (non-hydrogen) atoms. The van der Waals surface area contributed by atoms with E-state index in [0.29, 0.717) is 6.61 Å². The number of benzene rings is 1. The first-order valence-corrected chi connectivity index (χ1v) is 8.29. The molecule has 3 rings (SSSR count). The molecule has 1 aromatic carbocycles. The second kappa shape index (κ2) is 6.65. The lowest BCUT2D eigenvalue weighted by Gasteiger charge is -2.32. The topological polar surface area (TPSA) is 39.7 Å². The van der Waals surface area contributed by atoms with Crippen molar-refractivity contribution in [3.05, 3.63) is 28.2 Å². The highest BCUT2D eigenvalue weighted by Crippen LogP contribution is 2.35. The quantitative estimate of drug-likeness (QED) is 0.901. The molecule has 1 N–H and O–H groups in total. The molecule has 0 amide bonds. The van der Waals surface area contributed by atoms with Crippen molar-refractivity contribution < 1.29 is 14.2 Å². The normalized spacial score (nSPS) is 24.4. The Morgan fingerprint density at radius 3 is 2.90 bits per heavy atom. The zero-order chi connectivity index (χ0) is 14.7. The van der Waals surface area contributed by atoms with Gasteiger partial charge in [0.25, 0.3) is 0 Å². The van der Waals surface area contributed by atoms with Crippen molar-refractivity contribution in [1.82, 2.24) is 5.32 Å². The van der Waals surface area contributed by atoms with Crippen LogP contribution >= 0.6 is 15.9 Å². The van der Waals surface area contributed by atoms with Crippen molar-refractivity contribution in [3.8, 4) is 5.75 Å². The molecule has 4 nitrogen and oxygen atoms in total. The Labute approximate surface area is 134 Å². The third-order valence-corrected chi connectivity index (χ3v) is 5.01. The number of halogens is 1. The highest BCUT2D eigenvalue weighted by molar-refractivity contribution is 9.10. The Bertz CT molecular complexity index is 488. The van der Waals surface area contributed by atoms with Crippen LogP contribution in [0.5, 0.6) is 5.75 Å². The molecule has 5 heteroatoms. The number of methoxy groups -OCH3 is 1. The molecule has 2 saturated heterocycles. The average Bonchev–Trinajstić information content (AvgIpc) is 2.89. The van der Waals surface area contributed by atoms with Gasteiger partial charge in [-0.3, -0.25) is 0 Å². The first-order chi connectivity index (χ1) is 10.2. The monoisotopic (exact) mass is 355 g/mol. The van der Waals surface area contributed by atoms with Crippen LogP contribution in [0.25, 0.3) is 0 Å². The van der Waals surface area contributed by atoms with Crippen molar-refractivity contribution >= 4 is 15.9 Å². The number of piperidine rings is 1. The highest BCUT2D eigenvalue weighted by Gasteiger charge is 2.41. The van der Waals surface area contributed by atoms with Crippen LogP contribution in [0.4, 0.5) is 0 Å². The van der Waals surface area contributed by atoms with Crippen molar-refractivity contribution in [2.24, 2.45) is 0 Å². The third-order valence-electron chi connectivity index (χ3n) is 4.39. The molecule has 2 fully saturated rings. The van der Waals surface area contributed by atoms with E-state index in [1.54, 1.807) is 7.11 Å². The summed E-state index contributed by atoms with van der Waals surface area (Å²) in [6.07, 6.45) is 3.43. The average molecular weight is 356 g/mol. The van der Waals surface area contributed by atoms with Crippen LogP contribution in [-0.4, -0.2) is 38.5 Å². The predicted molar refractivity (Wildman–Crippen MR) is 84.7 cm³/mol. The predicted octanol–water partition coefficient (Wildman–Crippen LogP) is 2.89. The van der Waals surface area contributed by atoms with Gasteiger partial charge < -0.3 is 19.5 Å². The van der Waals surface area contributed by atoms with Gasteiger partial charge in [-0.15, -0.1) is 0 Å². The Hall–Kier alpha value is -0.620. The van der Waals surface area contributed by atoms with Crippen LogP contribution in [0.2, 0.25) is 0 Å². The standard InChI is InChI=1S/C16H22BrNO3/c1-19-15-3-2-12(8-14(15)17)10-20-13-9-16(21-11-13)4-6-18-7-5-16/h2-3,8,13,18H,4-7,9-11H2,1H3. The molecule has 1 atom stereocenters. The van der Waals surface area contributed by atoms with Crippen molar-refractivity contribution in [2.75, 3.05) is 26.8 Å². The fourth-order valence-corrected chi connectivity index (χ4v) is 3.74. The zero-order valence-corrected chi connectivity index (χ0v) is 13.9. The van der Waals surface area contributed by atoms with Crippen molar-refractivity contribution in [1.29, 1.82) is 0 Å². The van der Waals surface area contributed by atoms with Gasteiger partial charge in [-0.25, -0.2) is 0 Å². The van der Waals surface area contributed by atoms with Crippen LogP contribution in [-0.2, 0) is 16.1 Å². The summed E-state index contributed by atoms with van der Waals surface area (Å²) in [5, 5.41) is 3.39. The van der Waals surface area contributed by atoms with Gasteiger partial charge in [0.1, 0.15) is 5.75 Å². The van der Waals surface area contributed by atoms with E-state index in [1.165, 1.54) is 0 Å². The van der Waals surface area contributed by atoms with Gasteiger partial charge in [-0.1, -0.05) is 6.07 Å². The SMILES string of the molecule is COc1ccc(COC2COC3(CCNCC3)C2)cc1Br. The van der Waals surface area contributed by atoms with E-state index in [1.807, 2.05) is 12.1 Å². The van der Waals surface area contributed by atoms with E-state index in [9.17, 15) is 0 Å². The molecule has 1 spiro atoms. The van der Waals surface area contributed by atoms with Gasteiger partial charge in [0.15, 0.2) is 0 Å². The number of nitrogens with one attached hydrogen (secondary N) is 1. The smallest absolute Gasteiger partial charge is 0.133 e. The van der Waals surface area contributed by atoms with E-state index in [0.717, 1.165) is 54.7 Å². The fourth-order valence-electron chi connectivity index (χ4n) is 3.15. The summed E-state index contributed by atoms with van der Waals surface area (Å²) in [4.78, 5) is 0. The Balaban J connectivity index is 1.53. The van der Waals surface area contributed by atoms with Crippen LogP contribution in [0, 0.1) is 0 Å². The first kappa shape index (κ1) is 15.3. The van der Waals surface area contributed by atoms with Crippen molar-refractivity contribution in [3.63, 3.8) is 0 Å². The molecule has 2 aliphatic rings. The van der Waals surface area contributed by atoms with E-state index >= 15 is 0 Å². The van der Waals surface area contributed by atoms with Gasteiger partial charge in [0.2, 0.25) is 0 Å². The lowest BCUT2D eigenvalue weighted by atomic mass is 9.89. The molecule has 116 valence electrons. The minimum absolute atomic E-state index is 0.0659. The van der Waals surface area contributed by atoms with Gasteiger partial charge in [0.05, 0.1) is 36.5 Å². The second-order valence-electron chi connectivity index (χ2n) is 5.85. The summed E-state index contributed by atoms with van der Waals surface area (Å²) in [5.41, 5.74) is 1.21. The number of rotatable bonds is 4. The summed E-state index contributed by atoms with van der Waals surface area (Å²) in [5.74, 6) is 0.844. The minimum atomic E-state index is 0.0659. The Morgan fingerprint density at radius 2 is 2.19 bits per heavy atom. The fraction of sp³-hybridized carbons (Fsp3) is 0.625. The maximum Gasteiger partial charge on any atom is 0.133 e. The molecule has 1 aromatic rings. The molecule has 0 bridgehead atoms. The number of ether oxygens (including phenoxy) is 3. The summed E-state index contributed by atoms with van der Waals surface area (Å²) in [6, 6.07) is 6.05. The van der Waals surface area contributed by atoms with Gasteiger partial charge in [-0.2, -0.15) is 0 Å². The van der Waals surface area contributed by atoms with Gasteiger partial charge in [0, 0.05) is 6.42 Å². The third kappa shape index (κ3) is 3.59. The van der Waals surface area contributed by atoms with Crippen LogP contribution in [0.15, 0.2) is 22.7 Å². The Kier molecular flexibility index (Phi) is 4.84. The maximum atomic E-state index is 6.05. The number of hydrogen-bond acceptors (Lipinski definition) is 4. The van der Waals surface area contributed by atoms with E-state index in [4.69, 9.17) is 14.2 Å².